The fourth-order valence-electron chi connectivity index (χ4n) is 2.63. The normalized spacial score (nSPS) is 25.3. The van der Waals surface area contributed by atoms with Crippen LogP contribution in [0, 0.1) is 11.3 Å². The smallest absolute Gasteiger partial charge is 0.417 e. The Kier molecular flexibility index (Phi) is 7.49. The van der Waals surface area contributed by atoms with E-state index in [1.807, 2.05) is 6.92 Å². The van der Waals surface area contributed by atoms with Gasteiger partial charge in [0.25, 0.3) is 5.91 Å². The number of allylic oxidation sites excluding steroid dienone is 1. The molecule has 7 nitrogen and oxygen atoms in total. The van der Waals surface area contributed by atoms with E-state index < -0.39 is 41.0 Å². The van der Waals surface area contributed by atoms with Crippen LogP contribution in [-0.2, 0) is 20.4 Å². The number of ether oxygens (including phenoxy) is 2. The molecule has 0 saturated carbocycles. The maximum Gasteiger partial charge on any atom is 0.417 e. The summed E-state index contributed by atoms with van der Waals surface area (Å²) in [6.45, 7) is 4.29. The number of benzene rings is 1. The molecular formula is C22H24F3N3O4. The molecule has 3 atom stereocenters. The van der Waals surface area contributed by atoms with Crippen molar-refractivity contribution in [3.05, 3.63) is 53.3 Å². The van der Waals surface area contributed by atoms with Gasteiger partial charge in [-0.3, -0.25) is 9.79 Å². The summed E-state index contributed by atoms with van der Waals surface area (Å²) >= 11 is 0. The highest BCUT2D eigenvalue weighted by Crippen LogP contribution is 2.33. The van der Waals surface area contributed by atoms with E-state index in [4.69, 9.17) is 14.7 Å². The van der Waals surface area contributed by atoms with Gasteiger partial charge < -0.3 is 19.9 Å². The highest BCUT2D eigenvalue weighted by Gasteiger charge is 2.35. The van der Waals surface area contributed by atoms with Crippen LogP contribution in [0.15, 0.2) is 47.2 Å². The first kappa shape index (κ1) is 25.1. The Hall–Kier alpha value is -3.16. The maximum absolute atomic E-state index is 13.1. The summed E-state index contributed by atoms with van der Waals surface area (Å²) in [5, 5.41) is 21.6. The largest absolute Gasteiger partial charge is 0.490 e. The third kappa shape index (κ3) is 6.42. The predicted octanol–water partition coefficient (Wildman–Crippen LogP) is 3.60. The van der Waals surface area contributed by atoms with Crippen LogP contribution in [0.2, 0.25) is 0 Å². The van der Waals surface area contributed by atoms with Gasteiger partial charge in [0.05, 0.1) is 23.2 Å². The number of anilines is 1. The SMILES string of the molecule is COC1(C)C=NC(C)/C=C\C(OCC(C)(O)C(=O)Nc2ccc(C#N)c(C(F)(F)F)c2)=C/1. The summed E-state index contributed by atoms with van der Waals surface area (Å²) in [5.41, 5.74) is -4.93. The van der Waals surface area contributed by atoms with Gasteiger partial charge in [-0.05, 0) is 51.1 Å². The third-order valence-corrected chi connectivity index (χ3v) is 4.69. The summed E-state index contributed by atoms with van der Waals surface area (Å²) < 4.78 is 50.4. The summed E-state index contributed by atoms with van der Waals surface area (Å²) in [7, 11) is 1.49. The molecule has 0 spiro atoms. The quantitative estimate of drug-likeness (QED) is 0.688. The molecule has 1 aromatic carbocycles. The van der Waals surface area contributed by atoms with Crippen molar-refractivity contribution in [2.75, 3.05) is 19.0 Å². The van der Waals surface area contributed by atoms with E-state index in [0.717, 1.165) is 12.1 Å². The molecule has 32 heavy (non-hydrogen) atoms. The number of methoxy groups -OCH3 is 1. The van der Waals surface area contributed by atoms with Gasteiger partial charge in [-0.15, -0.1) is 0 Å². The van der Waals surface area contributed by atoms with E-state index in [2.05, 4.69) is 10.3 Å². The van der Waals surface area contributed by atoms with Crippen molar-refractivity contribution in [3.63, 3.8) is 0 Å². The second-order valence-corrected chi connectivity index (χ2v) is 7.70. The number of hydrogen-bond acceptors (Lipinski definition) is 6. The van der Waals surface area contributed by atoms with E-state index in [0.29, 0.717) is 11.8 Å². The number of carbonyl (C=O) groups excluding carboxylic acids is 1. The first-order valence-electron chi connectivity index (χ1n) is 9.58. The number of carbonyl (C=O) groups is 1. The van der Waals surface area contributed by atoms with Crippen LogP contribution < -0.4 is 5.32 Å². The van der Waals surface area contributed by atoms with Gasteiger partial charge in [-0.25, -0.2) is 0 Å². The first-order valence-corrected chi connectivity index (χ1v) is 9.58. The minimum Gasteiger partial charge on any atom is -0.490 e. The Labute approximate surface area is 183 Å². The van der Waals surface area contributed by atoms with E-state index in [1.54, 1.807) is 31.4 Å². The second-order valence-electron chi connectivity index (χ2n) is 7.70. The molecule has 1 amide bonds. The fourth-order valence-corrected chi connectivity index (χ4v) is 2.63. The monoisotopic (exact) mass is 451 g/mol. The van der Waals surface area contributed by atoms with Crippen molar-refractivity contribution in [2.45, 2.75) is 44.2 Å². The lowest BCUT2D eigenvalue weighted by atomic mass is 10.0. The molecule has 0 fully saturated rings. The van der Waals surface area contributed by atoms with Crippen molar-refractivity contribution in [3.8, 4) is 6.07 Å². The van der Waals surface area contributed by atoms with Crippen LogP contribution in [-0.4, -0.2) is 48.2 Å². The van der Waals surface area contributed by atoms with E-state index in [-0.39, 0.29) is 11.7 Å². The van der Waals surface area contributed by atoms with Gasteiger partial charge in [0.2, 0.25) is 0 Å². The number of nitrogens with one attached hydrogen (secondary N) is 1. The number of rotatable bonds is 6. The van der Waals surface area contributed by atoms with Gasteiger partial charge in [-0.1, -0.05) is 6.08 Å². The van der Waals surface area contributed by atoms with E-state index in [9.17, 15) is 23.1 Å². The van der Waals surface area contributed by atoms with Crippen molar-refractivity contribution >= 4 is 17.8 Å². The average Bonchev–Trinajstić information content (AvgIpc) is 2.72. The zero-order chi connectivity index (χ0) is 24.2. The Morgan fingerprint density at radius 3 is 2.69 bits per heavy atom. The molecular weight excluding hydrogens is 427 g/mol. The average molecular weight is 451 g/mol. The summed E-state index contributed by atoms with van der Waals surface area (Å²) in [4.78, 5) is 16.8. The number of hydrogen-bond donors (Lipinski definition) is 2. The summed E-state index contributed by atoms with van der Waals surface area (Å²) in [6.07, 6.45) is 1.83. The van der Waals surface area contributed by atoms with Crippen LogP contribution in [0.4, 0.5) is 18.9 Å². The molecule has 3 unspecified atom stereocenters. The van der Waals surface area contributed by atoms with E-state index in [1.165, 1.54) is 20.1 Å². The van der Waals surface area contributed by atoms with Crippen LogP contribution in [0.1, 0.15) is 31.9 Å². The van der Waals surface area contributed by atoms with Gasteiger partial charge >= 0.3 is 6.18 Å². The molecule has 1 heterocycles. The molecule has 1 aliphatic rings. The summed E-state index contributed by atoms with van der Waals surface area (Å²) in [5.74, 6) is -0.659. The second kappa shape index (κ2) is 9.54. The molecule has 1 aliphatic heterocycles. The van der Waals surface area contributed by atoms with Crippen LogP contribution in [0.5, 0.6) is 0 Å². The fraction of sp³-hybridized carbons (Fsp3) is 0.409. The molecule has 172 valence electrons. The van der Waals surface area contributed by atoms with Crippen molar-refractivity contribution in [1.29, 1.82) is 5.26 Å². The number of alkyl halides is 3. The molecule has 0 aromatic heterocycles. The number of aliphatic imine (C=N–C) groups is 1. The van der Waals surface area contributed by atoms with Crippen molar-refractivity contribution in [1.82, 2.24) is 0 Å². The highest BCUT2D eigenvalue weighted by molar-refractivity contribution is 5.97. The maximum atomic E-state index is 13.1. The van der Waals surface area contributed by atoms with Gasteiger partial charge in [0.15, 0.2) is 5.60 Å². The van der Waals surface area contributed by atoms with Crippen molar-refractivity contribution in [2.24, 2.45) is 4.99 Å². The minimum absolute atomic E-state index is 0.153. The molecule has 2 rings (SSSR count). The van der Waals surface area contributed by atoms with Crippen molar-refractivity contribution < 1.29 is 32.5 Å². The minimum atomic E-state index is -4.77. The lowest BCUT2D eigenvalue weighted by Gasteiger charge is -2.26. The molecule has 0 aliphatic carbocycles. The number of nitriles is 1. The predicted molar refractivity (Wildman–Crippen MR) is 112 cm³/mol. The Morgan fingerprint density at radius 2 is 2.09 bits per heavy atom. The van der Waals surface area contributed by atoms with Crippen LogP contribution >= 0.6 is 0 Å². The highest BCUT2D eigenvalue weighted by atomic mass is 19.4. The Bertz CT molecular complexity index is 993. The topological polar surface area (TPSA) is 104 Å². The molecule has 2 N–H and O–H groups in total. The molecule has 0 bridgehead atoms. The number of aliphatic hydroxyl groups is 1. The Morgan fingerprint density at radius 1 is 1.41 bits per heavy atom. The number of nitrogens with zero attached hydrogens (tertiary/aromatic N) is 2. The number of halogens is 3. The lowest BCUT2D eigenvalue weighted by molar-refractivity contribution is -0.138. The van der Waals surface area contributed by atoms with Gasteiger partial charge in [0.1, 0.15) is 18.0 Å². The molecule has 0 saturated heterocycles. The summed E-state index contributed by atoms with van der Waals surface area (Å²) in [6, 6.07) is 4.04. The van der Waals surface area contributed by atoms with Crippen LogP contribution in [0.3, 0.4) is 0 Å². The van der Waals surface area contributed by atoms with E-state index >= 15 is 0 Å². The zero-order valence-corrected chi connectivity index (χ0v) is 18.0. The molecule has 0 radical (unpaired) electrons. The Balaban J connectivity index is 2.16. The number of amides is 1. The third-order valence-electron chi connectivity index (χ3n) is 4.69. The first-order chi connectivity index (χ1) is 14.8. The molecule has 10 heteroatoms. The van der Waals surface area contributed by atoms with Crippen LogP contribution in [0.25, 0.3) is 0 Å². The van der Waals surface area contributed by atoms with Gasteiger partial charge in [-0.2, -0.15) is 18.4 Å². The molecule has 1 aromatic rings. The zero-order valence-electron chi connectivity index (χ0n) is 18.0. The standard InChI is InChI=1S/C22H24F3N3O4/c1-14-5-8-17(10-20(2,31-4)12-27-14)32-13-21(3,30)19(29)28-16-7-6-15(11-26)18(9-16)22(23,24)25/h5-10,12,14,30H,13H2,1-4H3,(H,28,29)/b8-5-,17-10+,27-12?. The lowest BCUT2D eigenvalue weighted by Crippen LogP contribution is -2.44. The van der Waals surface area contributed by atoms with Gasteiger partial charge in [0, 0.05) is 19.0 Å².